The highest BCUT2D eigenvalue weighted by molar-refractivity contribution is 6.30. The summed E-state index contributed by atoms with van der Waals surface area (Å²) in [5, 5.41) is 3.74. The number of para-hydroxylation sites is 2. The van der Waals surface area contributed by atoms with Crippen LogP contribution in [0.1, 0.15) is 34.7 Å². The maximum atomic E-state index is 13.2. The molecule has 3 aromatic carbocycles. The molecule has 0 aliphatic rings. The second-order valence-electron chi connectivity index (χ2n) is 7.78. The highest BCUT2D eigenvalue weighted by Crippen LogP contribution is 2.38. The Morgan fingerprint density at radius 1 is 1.00 bits per heavy atom. The minimum atomic E-state index is -0.369. The van der Waals surface area contributed by atoms with Gasteiger partial charge in [0.25, 0.3) is 5.91 Å². The normalized spacial score (nSPS) is 11.8. The van der Waals surface area contributed by atoms with Crippen molar-refractivity contribution >= 4 is 28.5 Å². The number of aromatic nitrogens is 2. The van der Waals surface area contributed by atoms with Gasteiger partial charge in [-0.1, -0.05) is 35.9 Å². The number of hydrogen-bond donors (Lipinski definition) is 1. The molecule has 4 aromatic rings. The van der Waals surface area contributed by atoms with Gasteiger partial charge < -0.3 is 24.1 Å². The van der Waals surface area contributed by atoms with Crippen LogP contribution in [0.4, 0.5) is 0 Å². The van der Waals surface area contributed by atoms with Gasteiger partial charge in [0.15, 0.2) is 11.5 Å². The summed E-state index contributed by atoms with van der Waals surface area (Å²) in [5.41, 5.74) is 3.32. The van der Waals surface area contributed by atoms with Crippen molar-refractivity contribution in [3.8, 4) is 17.2 Å². The molecule has 0 spiro atoms. The molecule has 0 bridgehead atoms. The molecule has 0 radical (unpaired) electrons. The van der Waals surface area contributed by atoms with Gasteiger partial charge in [-0.05, 0) is 48.9 Å². The zero-order valence-electron chi connectivity index (χ0n) is 19.5. The molecule has 0 aliphatic heterocycles. The number of methoxy groups -OCH3 is 3. The minimum Gasteiger partial charge on any atom is -0.493 e. The van der Waals surface area contributed by atoms with Gasteiger partial charge in [-0.25, -0.2) is 4.98 Å². The maximum Gasteiger partial charge on any atom is 0.252 e. The molecular weight excluding hydrogens is 454 g/mol. The second kappa shape index (κ2) is 10.1. The van der Waals surface area contributed by atoms with E-state index in [-0.39, 0.29) is 11.9 Å². The van der Waals surface area contributed by atoms with Gasteiger partial charge in [-0.3, -0.25) is 4.79 Å². The lowest BCUT2D eigenvalue weighted by molar-refractivity contribution is 0.0937. The van der Waals surface area contributed by atoms with Gasteiger partial charge in [-0.15, -0.1) is 0 Å². The average Bonchev–Trinajstić information content (AvgIpc) is 3.22. The first-order valence-corrected chi connectivity index (χ1v) is 11.1. The number of nitrogens with zero attached hydrogens (tertiary/aromatic N) is 2. The first-order valence-electron chi connectivity index (χ1n) is 10.8. The van der Waals surface area contributed by atoms with Crippen LogP contribution in [0.2, 0.25) is 5.02 Å². The fourth-order valence-corrected chi connectivity index (χ4v) is 4.05. The van der Waals surface area contributed by atoms with Gasteiger partial charge in [0, 0.05) is 17.1 Å². The van der Waals surface area contributed by atoms with Crippen molar-refractivity contribution in [1.29, 1.82) is 0 Å². The van der Waals surface area contributed by atoms with Crippen molar-refractivity contribution in [2.45, 2.75) is 19.5 Å². The monoisotopic (exact) mass is 479 g/mol. The number of fused-ring (bicyclic) bond motifs is 1. The molecular formula is C26H26ClN3O4. The van der Waals surface area contributed by atoms with Crippen molar-refractivity contribution in [3.05, 3.63) is 82.6 Å². The van der Waals surface area contributed by atoms with Crippen LogP contribution < -0.4 is 19.5 Å². The van der Waals surface area contributed by atoms with E-state index in [1.165, 1.54) is 21.3 Å². The summed E-state index contributed by atoms with van der Waals surface area (Å²) < 4.78 is 18.2. The Kier molecular flexibility index (Phi) is 6.93. The molecule has 176 valence electrons. The van der Waals surface area contributed by atoms with E-state index in [1.807, 2.05) is 55.5 Å². The standard InChI is InChI=1S/C26H26ClN3O4/c1-16(28-26(31)18-13-22(32-2)24(34-4)23(14-18)33-3)25-29-20-7-5-6-8-21(20)30(25)15-17-9-11-19(27)12-10-17/h5-14,16H,15H2,1-4H3,(H,28,31). The molecule has 1 heterocycles. The molecule has 1 aromatic heterocycles. The molecule has 1 N–H and O–H groups in total. The van der Waals surface area contributed by atoms with E-state index in [0.717, 1.165) is 22.4 Å². The van der Waals surface area contributed by atoms with Crippen molar-refractivity contribution in [1.82, 2.24) is 14.9 Å². The first-order chi connectivity index (χ1) is 16.4. The first kappa shape index (κ1) is 23.4. The number of imidazole rings is 1. The fraction of sp³-hybridized carbons (Fsp3) is 0.231. The molecule has 0 saturated heterocycles. The van der Waals surface area contributed by atoms with Crippen LogP contribution in [0, 0.1) is 0 Å². The lowest BCUT2D eigenvalue weighted by Crippen LogP contribution is -2.29. The van der Waals surface area contributed by atoms with Crippen LogP contribution in [-0.4, -0.2) is 36.8 Å². The summed E-state index contributed by atoms with van der Waals surface area (Å²) in [6.07, 6.45) is 0. The number of carbonyl (C=O) groups is 1. The number of carbonyl (C=O) groups excluding carboxylic acids is 1. The number of halogens is 1. The van der Waals surface area contributed by atoms with Gasteiger partial charge in [-0.2, -0.15) is 0 Å². The molecule has 0 fully saturated rings. The van der Waals surface area contributed by atoms with Crippen molar-refractivity contribution in [3.63, 3.8) is 0 Å². The summed E-state index contributed by atoms with van der Waals surface area (Å²) in [7, 11) is 4.55. The number of hydrogen-bond acceptors (Lipinski definition) is 5. The Hall–Kier alpha value is -3.71. The Bertz CT molecular complexity index is 1290. The third-order valence-corrected chi connectivity index (χ3v) is 5.85. The Labute approximate surface area is 203 Å². The highest BCUT2D eigenvalue weighted by Gasteiger charge is 2.22. The largest absolute Gasteiger partial charge is 0.493 e. The van der Waals surface area contributed by atoms with E-state index in [9.17, 15) is 4.79 Å². The zero-order valence-corrected chi connectivity index (χ0v) is 20.2. The van der Waals surface area contributed by atoms with E-state index >= 15 is 0 Å². The van der Waals surface area contributed by atoms with Gasteiger partial charge in [0.1, 0.15) is 5.82 Å². The summed E-state index contributed by atoms with van der Waals surface area (Å²) in [6.45, 7) is 2.51. The maximum absolute atomic E-state index is 13.2. The van der Waals surface area contributed by atoms with Crippen molar-refractivity contribution < 1.29 is 19.0 Å². The molecule has 1 atom stereocenters. The van der Waals surface area contributed by atoms with Crippen molar-refractivity contribution in [2.75, 3.05) is 21.3 Å². The van der Waals surface area contributed by atoms with Crippen LogP contribution >= 0.6 is 11.6 Å². The molecule has 0 saturated carbocycles. The van der Waals surface area contributed by atoms with Crippen molar-refractivity contribution in [2.24, 2.45) is 0 Å². The van der Waals surface area contributed by atoms with Gasteiger partial charge in [0.05, 0.1) is 38.4 Å². The third kappa shape index (κ3) is 4.65. The highest BCUT2D eigenvalue weighted by atomic mass is 35.5. The third-order valence-electron chi connectivity index (χ3n) is 5.60. The summed E-state index contributed by atoms with van der Waals surface area (Å²) in [5.74, 6) is 1.72. The Morgan fingerprint density at radius 2 is 1.65 bits per heavy atom. The summed E-state index contributed by atoms with van der Waals surface area (Å²) in [6, 6.07) is 18.5. The van der Waals surface area contributed by atoms with Crippen LogP contribution in [0.3, 0.4) is 0 Å². The van der Waals surface area contributed by atoms with Crippen LogP contribution in [0.15, 0.2) is 60.7 Å². The van der Waals surface area contributed by atoms with Crippen LogP contribution in [-0.2, 0) is 6.54 Å². The molecule has 7 nitrogen and oxygen atoms in total. The van der Waals surface area contributed by atoms with Crippen LogP contribution in [0.25, 0.3) is 11.0 Å². The molecule has 8 heteroatoms. The van der Waals surface area contributed by atoms with Crippen LogP contribution in [0.5, 0.6) is 17.2 Å². The zero-order chi connectivity index (χ0) is 24.2. The predicted octanol–water partition coefficient (Wildman–Crippen LogP) is 5.25. The molecule has 1 amide bonds. The van der Waals surface area contributed by atoms with E-state index in [2.05, 4.69) is 9.88 Å². The Balaban J connectivity index is 1.66. The summed E-state index contributed by atoms with van der Waals surface area (Å²) in [4.78, 5) is 18.0. The van der Waals surface area contributed by atoms with E-state index in [0.29, 0.717) is 34.4 Å². The summed E-state index contributed by atoms with van der Waals surface area (Å²) >= 11 is 6.06. The quantitative estimate of drug-likeness (QED) is 0.373. The Morgan fingerprint density at radius 3 is 2.26 bits per heavy atom. The second-order valence-corrected chi connectivity index (χ2v) is 8.22. The topological polar surface area (TPSA) is 74.6 Å². The average molecular weight is 480 g/mol. The fourth-order valence-electron chi connectivity index (χ4n) is 3.92. The number of ether oxygens (including phenoxy) is 3. The van der Waals surface area contributed by atoms with E-state index in [1.54, 1.807) is 12.1 Å². The minimum absolute atomic E-state index is 0.281. The number of amides is 1. The molecule has 4 rings (SSSR count). The lowest BCUT2D eigenvalue weighted by Gasteiger charge is -2.18. The smallest absolute Gasteiger partial charge is 0.252 e. The number of rotatable bonds is 8. The SMILES string of the molecule is COc1cc(C(=O)NC(C)c2nc3ccccc3n2Cc2ccc(Cl)cc2)cc(OC)c1OC. The predicted molar refractivity (Wildman–Crippen MR) is 132 cm³/mol. The molecule has 1 unspecified atom stereocenters. The lowest BCUT2D eigenvalue weighted by atomic mass is 10.1. The van der Waals surface area contributed by atoms with Gasteiger partial charge >= 0.3 is 0 Å². The number of nitrogens with one attached hydrogen (secondary N) is 1. The van der Waals surface area contributed by atoms with E-state index in [4.69, 9.17) is 30.8 Å². The van der Waals surface area contributed by atoms with Gasteiger partial charge in [0.2, 0.25) is 5.75 Å². The van der Waals surface area contributed by atoms with E-state index < -0.39 is 0 Å². The molecule has 34 heavy (non-hydrogen) atoms. The number of benzene rings is 3. The molecule has 0 aliphatic carbocycles.